The Morgan fingerprint density at radius 2 is 1.79 bits per heavy atom. The molecule has 0 bridgehead atoms. The molecule has 3 rings (SSSR count). The number of anilines is 1. The van der Waals surface area contributed by atoms with Crippen LogP contribution in [-0.4, -0.2) is 24.9 Å². The van der Waals surface area contributed by atoms with Crippen LogP contribution in [0.25, 0.3) is 0 Å². The van der Waals surface area contributed by atoms with Crippen molar-refractivity contribution in [3.05, 3.63) is 51.6 Å². The summed E-state index contributed by atoms with van der Waals surface area (Å²) < 4.78 is 12.2. The van der Waals surface area contributed by atoms with Crippen molar-refractivity contribution in [3.63, 3.8) is 0 Å². The van der Waals surface area contributed by atoms with Gasteiger partial charge in [-0.05, 0) is 67.3 Å². The molecule has 0 spiro atoms. The predicted molar refractivity (Wildman–Crippen MR) is 137 cm³/mol. The van der Waals surface area contributed by atoms with Crippen LogP contribution in [0, 0.1) is 26.2 Å². The van der Waals surface area contributed by atoms with E-state index in [-0.39, 0.29) is 35.5 Å². The van der Waals surface area contributed by atoms with Gasteiger partial charge < -0.3 is 14.8 Å². The maximum Gasteiger partial charge on any atom is 0.224 e. The second kappa shape index (κ2) is 9.81. The zero-order valence-corrected chi connectivity index (χ0v) is 22.1. The van der Waals surface area contributed by atoms with Crippen molar-refractivity contribution in [2.24, 2.45) is 5.41 Å². The third kappa shape index (κ3) is 5.29. The van der Waals surface area contributed by atoms with Crippen molar-refractivity contribution < 1.29 is 19.1 Å². The molecule has 2 aromatic rings. The Morgan fingerprint density at radius 3 is 2.38 bits per heavy atom. The van der Waals surface area contributed by atoms with Crippen LogP contribution in [0.2, 0.25) is 0 Å². The van der Waals surface area contributed by atoms with Gasteiger partial charge in [0.2, 0.25) is 5.91 Å². The number of carbonyl (C=O) groups is 2. The number of fused-ring (bicyclic) bond motifs is 1. The number of ketones is 1. The van der Waals surface area contributed by atoms with Crippen molar-refractivity contribution in [2.45, 2.75) is 80.6 Å². The molecule has 1 aliphatic heterocycles. The molecule has 0 aromatic heterocycles. The van der Waals surface area contributed by atoms with Crippen LogP contribution in [0.3, 0.4) is 0 Å². The highest BCUT2D eigenvalue weighted by Gasteiger charge is 2.34. The Balaban J connectivity index is 2.10. The van der Waals surface area contributed by atoms with Gasteiger partial charge in [0.25, 0.3) is 0 Å². The molecule has 34 heavy (non-hydrogen) atoms. The zero-order chi connectivity index (χ0) is 25.4. The highest BCUT2D eigenvalue weighted by Crippen LogP contribution is 2.49. The smallest absolute Gasteiger partial charge is 0.224 e. The van der Waals surface area contributed by atoms with Crippen molar-refractivity contribution in [2.75, 3.05) is 18.5 Å². The van der Waals surface area contributed by atoms with E-state index in [1.165, 1.54) is 6.92 Å². The first-order valence-electron chi connectivity index (χ1n) is 12.1. The Labute approximate surface area is 204 Å². The van der Waals surface area contributed by atoms with Gasteiger partial charge in [-0.25, -0.2) is 0 Å². The van der Waals surface area contributed by atoms with Crippen molar-refractivity contribution in [1.29, 1.82) is 0 Å². The lowest BCUT2D eigenvalue weighted by Crippen LogP contribution is -2.21. The van der Waals surface area contributed by atoms with E-state index < -0.39 is 0 Å². The summed E-state index contributed by atoms with van der Waals surface area (Å²) in [5.74, 6) is 1.91. The molecule has 5 heteroatoms. The van der Waals surface area contributed by atoms with Gasteiger partial charge in [0.05, 0.1) is 6.61 Å². The number of hydrogen-bond donors (Lipinski definition) is 1. The summed E-state index contributed by atoms with van der Waals surface area (Å²) in [5.41, 5.74) is 7.32. The highest BCUT2D eigenvalue weighted by atomic mass is 16.5. The van der Waals surface area contributed by atoms with Crippen molar-refractivity contribution >= 4 is 17.4 Å². The Kier molecular flexibility index (Phi) is 7.44. The number of amides is 1. The summed E-state index contributed by atoms with van der Waals surface area (Å²) in [6.45, 7) is 18.8. The predicted octanol–water partition coefficient (Wildman–Crippen LogP) is 6.60. The van der Waals surface area contributed by atoms with E-state index in [9.17, 15) is 9.59 Å². The summed E-state index contributed by atoms with van der Waals surface area (Å²) in [6, 6.07) is 6.05. The summed E-state index contributed by atoms with van der Waals surface area (Å²) in [7, 11) is 0. The van der Waals surface area contributed by atoms with Crippen LogP contribution in [0.15, 0.2) is 18.2 Å². The number of nitrogens with one attached hydrogen (secondary N) is 1. The summed E-state index contributed by atoms with van der Waals surface area (Å²) in [6.07, 6.45) is 0.453. The molecule has 0 radical (unpaired) electrons. The second-order valence-electron chi connectivity index (χ2n) is 11.0. The molecule has 0 aliphatic carbocycles. The summed E-state index contributed by atoms with van der Waals surface area (Å²) >= 11 is 0. The van der Waals surface area contributed by atoms with Gasteiger partial charge in [0.15, 0.2) is 5.78 Å². The van der Waals surface area contributed by atoms with Crippen molar-refractivity contribution in [1.82, 2.24) is 0 Å². The number of benzene rings is 2. The standard InChI is InChI=1S/C29H39NO4/c1-16(2)25-21(11-10-12-23(25)33-14-17(3)31)22-15-34-28-19(5)18(4)27(20(6)26(22)28)30-24(32)13-29(7,8)9/h10-12,16,22H,13-15H2,1-9H3,(H,30,32). The fraction of sp³-hybridized carbons (Fsp3) is 0.517. The van der Waals surface area contributed by atoms with Crippen LogP contribution in [-0.2, 0) is 9.59 Å². The van der Waals surface area contributed by atoms with Crippen LogP contribution in [0.5, 0.6) is 11.5 Å². The minimum absolute atomic E-state index is 0.00719. The average Bonchev–Trinajstić information content (AvgIpc) is 3.17. The first-order chi connectivity index (χ1) is 15.8. The van der Waals surface area contributed by atoms with E-state index in [4.69, 9.17) is 9.47 Å². The first kappa shape index (κ1) is 25.8. The molecule has 0 saturated carbocycles. The van der Waals surface area contributed by atoms with E-state index in [1.807, 2.05) is 19.1 Å². The molecule has 1 heterocycles. The quantitative estimate of drug-likeness (QED) is 0.500. The van der Waals surface area contributed by atoms with Crippen molar-refractivity contribution in [3.8, 4) is 11.5 Å². The Bertz CT molecular complexity index is 1110. The molecule has 1 N–H and O–H groups in total. The van der Waals surface area contributed by atoms with E-state index in [0.717, 1.165) is 50.6 Å². The van der Waals surface area contributed by atoms with E-state index >= 15 is 0 Å². The molecule has 184 valence electrons. The minimum Gasteiger partial charge on any atom is -0.492 e. The number of rotatable bonds is 7. The molecule has 2 aromatic carbocycles. The molecule has 1 unspecified atom stereocenters. The van der Waals surface area contributed by atoms with Gasteiger partial charge >= 0.3 is 0 Å². The first-order valence-corrected chi connectivity index (χ1v) is 12.1. The molecule has 0 fully saturated rings. The lowest BCUT2D eigenvalue weighted by molar-refractivity contribution is -0.119. The fourth-order valence-corrected chi connectivity index (χ4v) is 4.89. The third-order valence-corrected chi connectivity index (χ3v) is 6.48. The van der Waals surface area contributed by atoms with Crippen LogP contribution >= 0.6 is 0 Å². The normalized spacial score (nSPS) is 15.2. The maximum atomic E-state index is 12.8. The Morgan fingerprint density at radius 1 is 1.12 bits per heavy atom. The van der Waals surface area contributed by atoms with E-state index in [0.29, 0.717) is 13.0 Å². The molecule has 1 atom stereocenters. The van der Waals surface area contributed by atoms with Gasteiger partial charge in [-0.3, -0.25) is 9.59 Å². The molecule has 1 amide bonds. The van der Waals surface area contributed by atoms with E-state index in [2.05, 4.69) is 59.8 Å². The van der Waals surface area contributed by atoms with Gasteiger partial charge in [-0.15, -0.1) is 0 Å². The minimum atomic E-state index is -0.0875. The molecular formula is C29H39NO4. The van der Waals surface area contributed by atoms with Gasteiger partial charge in [-0.1, -0.05) is 46.8 Å². The number of carbonyl (C=O) groups excluding carboxylic acids is 2. The van der Waals surface area contributed by atoms with Gasteiger partial charge in [0.1, 0.15) is 18.1 Å². The number of Topliss-reactive ketones (excluding diaryl/α,β-unsaturated/α-hetero) is 1. The Hall–Kier alpha value is -2.82. The number of hydrogen-bond acceptors (Lipinski definition) is 4. The number of ether oxygens (including phenoxy) is 2. The summed E-state index contributed by atoms with van der Waals surface area (Å²) in [5, 5.41) is 3.20. The largest absolute Gasteiger partial charge is 0.492 e. The maximum absolute atomic E-state index is 12.8. The molecule has 0 saturated heterocycles. The molecular weight excluding hydrogens is 426 g/mol. The SMILES string of the molecule is CC(=O)COc1cccc(C2COc3c(C)c(C)c(NC(=O)CC(C)(C)C)c(C)c32)c1C(C)C. The zero-order valence-electron chi connectivity index (χ0n) is 22.1. The molecule has 1 aliphatic rings. The monoisotopic (exact) mass is 465 g/mol. The van der Waals surface area contributed by atoms with Crippen LogP contribution in [0.1, 0.15) is 93.2 Å². The van der Waals surface area contributed by atoms with Gasteiger partial charge in [-0.2, -0.15) is 0 Å². The third-order valence-electron chi connectivity index (χ3n) is 6.48. The highest BCUT2D eigenvalue weighted by molar-refractivity contribution is 5.93. The second-order valence-corrected chi connectivity index (χ2v) is 11.0. The summed E-state index contributed by atoms with van der Waals surface area (Å²) in [4.78, 5) is 24.4. The van der Waals surface area contributed by atoms with Crippen LogP contribution in [0.4, 0.5) is 5.69 Å². The van der Waals surface area contributed by atoms with Crippen LogP contribution < -0.4 is 14.8 Å². The van der Waals surface area contributed by atoms with E-state index in [1.54, 1.807) is 0 Å². The topological polar surface area (TPSA) is 64.6 Å². The molecule has 5 nitrogen and oxygen atoms in total. The lowest BCUT2D eigenvalue weighted by atomic mass is 9.82. The fourth-order valence-electron chi connectivity index (χ4n) is 4.89. The lowest BCUT2D eigenvalue weighted by Gasteiger charge is -2.24. The average molecular weight is 466 g/mol. The van der Waals surface area contributed by atoms with Gasteiger partial charge in [0, 0.05) is 29.2 Å².